The minimum Gasteiger partial charge on any atom is -0.244 e. The lowest BCUT2D eigenvalue weighted by molar-refractivity contribution is -0.180. The van der Waals surface area contributed by atoms with Crippen LogP contribution in [0.4, 0.5) is 22.0 Å². The fourth-order valence-corrected chi connectivity index (χ4v) is 0.456. The quantitative estimate of drug-likeness (QED) is 0.325. The van der Waals surface area contributed by atoms with E-state index in [9.17, 15) is 22.0 Å². The third-order valence-electron chi connectivity index (χ3n) is 0.736. The first-order valence-electron chi connectivity index (χ1n) is 2.18. The molecule has 0 bridgehead atoms. The molecular weight excluding hydrogens is 195 g/mol. The van der Waals surface area contributed by atoms with Gasteiger partial charge in [0.25, 0.3) is 0 Å². The van der Waals surface area contributed by atoms with Crippen LogP contribution in [-0.4, -0.2) is 23.1 Å². The molecule has 2 nitrogen and oxygen atoms in total. The summed E-state index contributed by atoms with van der Waals surface area (Å²) in [5.41, 5.74) is 0. The highest BCUT2D eigenvalue weighted by Crippen LogP contribution is 2.43. The van der Waals surface area contributed by atoms with Crippen LogP contribution in [0, 0.1) is 0 Å². The SMILES string of the molecule is OOSC(F)(F)C(F)(F)CF. The third-order valence-corrected chi connectivity index (χ3v) is 1.32. The summed E-state index contributed by atoms with van der Waals surface area (Å²) in [6.45, 7) is -2.52. The molecule has 0 fully saturated rings. The summed E-state index contributed by atoms with van der Waals surface area (Å²) < 4.78 is 61.3. The van der Waals surface area contributed by atoms with E-state index in [1.165, 1.54) is 0 Å². The highest BCUT2D eigenvalue weighted by molar-refractivity contribution is 7.95. The molecule has 0 aliphatic rings. The normalized spacial score (nSPS) is 13.6. The molecule has 0 aliphatic carbocycles. The first kappa shape index (κ1) is 10.9. The van der Waals surface area contributed by atoms with Gasteiger partial charge in [0, 0.05) is 0 Å². The van der Waals surface area contributed by atoms with Crippen molar-refractivity contribution in [2.45, 2.75) is 11.2 Å². The molecule has 0 unspecified atom stereocenters. The van der Waals surface area contributed by atoms with Crippen LogP contribution in [0.3, 0.4) is 0 Å². The predicted molar refractivity (Wildman–Crippen MR) is 27.2 cm³/mol. The van der Waals surface area contributed by atoms with Crippen molar-refractivity contribution >= 4 is 12.0 Å². The number of alkyl halides is 5. The molecule has 0 spiro atoms. The highest BCUT2D eigenvalue weighted by atomic mass is 32.2. The Bertz CT molecular complexity index is 129. The van der Waals surface area contributed by atoms with Crippen molar-refractivity contribution in [2.75, 3.05) is 6.67 Å². The standard InChI is InChI=1S/C3H3F5O2S/c4-1-2(5,6)3(7,8)11-10-9/h9H,1H2. The minimum atomic E-state index is -4.83. The van der Waals surface area contributed by atoms with Gasteiger partial charge >= 0.3 is 11.2 Å². The third kappa shape index (κ3) is 2.46. The van der Waals surface area contributed by atoms with Crippen LogP contribution in [0.2, 0.25) is 0 Å². The Balaban J connectivity index is 4.26. The molecule has 0 heterocycles. The van der Waals surface area contributed by atoms with E-state index >= 15 is 0 Å². The minimum absolute atomic E-state index is 1.20. The molecule has 0 saturated heterocycles. The fraction of sp³-hybridized carbons (Fsp3) is 1.00. The highest BCUT2D eigenvalue weighted by Gasteiger charge is 2.58. The average Bonchev–Trinajstić information content (AvgIpc) is 1.87. The summed E-state index contributed by atoms with van der Waals surface area (Å²) in [6.07, 6.45) is 0. The molecule has 0 aliphatic heterocycles. The molecule has 11 heavy (non-hydrogen) atoms. The molecule has 0 radical (unpaired) electrons. The van der Waals surface area contributed by atoms with Crippen LogP contribution in [0.25, 0.3) is 0 Å². The summed E-state index contributed by atoms with van der Waals surface area (Å²) in [5.74, 6) is -4.83. The van der Waals surface area contributed by atoms with Gasteiger partial charge in [0.05, 0.1) is 0 Å². The van der Waals surface area contributed by atoms with Crippen molar-refractivity contribution in [3.8, 4) is 0 Å². The van der Waals surface area contributed by atoms with Gasteiger partial charge in [-0.05, 0) is 0 Å². The Hall–Kier alpha value is -0.0800. The van der Waals surface area contributed by atoms with Crippen LogP contribution in [-0.2, 0) is 4.33 Å². The van der Waals surface area contributed by atoms with Crippen molar-refractivity contribution in [3.05, 3.63) is 0 Å². The lowest BCUT2D eigenvalue weighted by Crippen LogP contribution is -2.39. The maximum atomic E-state index is 11.9. The zero-order valence-corrected chi connectivity index (χ0v) is 5.68. The molecule has 0 aromatic carbocycles. The van der Waals surface area contributed by atoms with Crippen molar-refractivity contribution in [2.24, 2.45) is 0 Å². The van der Waals surface area contributed by atoms with E-state index in [1.807, 2.05) is 0 Å². The molecular formula is C3H3F5O2S. The fourth-order valence-electron chi connectivity index (χ4n) is 0.186. The van der Waals surface area contributed by atoms with Gasteiger partial charge in [0.1, 0.15) is 12.0 Å². The topological polar surface area (TPSA) is 29.5 Å². The van der Waals surface area contributed by atoms with Gasteiger partial charge in [-0.1, -0.05) is 0 Å². The summed E-state index contributed by atoms with van der Waals surface area (Å²) in [5, 5.41) is 2.62. The van der Waals surface area contributed by atoms with Gasteiger partial charge in [-0.15, -0.1) is 0 Å². The van der Waals surface area contributed by atoms with E-state index in [2.05, 4.69) is 4.33 Å². The summed E-state index contributed by atoms with van der Waals surface area (Å²) in [6, 6.07) is 0. The molecule has 1 N–H and O–H groups in total. The van der Waals surface area contributed by atoms with E-state index in [4.69, 9.17) is 5.26 Å². The van der Waals surface area contributed by atoms with Gasteiger partial charge in [0.15, 0.2) is 6.67 Å². The van der Waals surface area contributed by atoms with Crippen LogP contribution >= 0.6 is 12.0 Å². The van der Waals surface area contributed by atoms with Crippen molar-refractivity contribution < 1.29 is 31.5 Å². The molecule has 0 saturated carbocycles. The van der Waals surface area contributed by atoms with E-state index < -0.39 is 29.9 Å². The first-order chi connectivity index (χ1) is 4.87. The second-order valence-electron chi connectivity index (χ2n) is 1.51. The second kappa shape index (κ2) is 3.55. The van der Waals surface area contributed by atoms with Gasteiger partial charge in [-0.25, -0.2) is 9.65 Å². The Labute approximate surface area is 62.5 Å². The molecule has 0 aromatic rings. The number of halogens is 5. The molecule has 0 aromatic heterocycles. The predicted octanol–water partition coefficient (Wildman–Crippen LogP) is 2.32. The van der Waals surface area contributed by atoms with Crippen LogP contribution in [0.5, 0.6) is 0 Å². The zero-order valence-electron chi connectivity index (χ0n) is 4.86. The lowest BCUT2D eigenvalue weighted by Gasteiger charge is -2.20. The Morgan fingerprint density at radius 1 is 1.27 bits per heavy atom. The molecule has 68 valence electrons. The van der Waals surface area contributed by atoms with Crippen molar-refractivity contribution in [1.29, 1.82) is 0 Å². The first-order valence-corrected chi connectivity index (χ1v) is 2.92. The van der Waals surface area contributed by atoms with E-state index in [-0.39, 0.29) is 0 Å². The van der Waals surface area contributed by atoms with Gasteiger partial charge in [0.2, 0.25) is 0 Å². The number of hydrogen-bond acceptors (Lipinski definition) is 3. The average molecular weight is 198 g/mol. The largest absolute Gasteiger partial charge is 0.385 e. The maximum Gasteiger partial charge on any atom is 0.385 e. The molecule has 0 rings (SSSR count). The van der Waals surface area contributed by atoms with Crippen molar-refractivity contribution in [1.82, 2.24) is 0 Å². The Kier molecular flexibility index (Phi) is 3.52. The van der Waals surface area contributed by atoms with Crippen LogP contribution in [0.15, 0.2) is 0 Å². The van der Waals surface area contributed by atoms with E-state index in [0.717, 1.165) is 0 Å². The number of hydrogen-bond donors (Lipinski definition) is 1. The smallest absolute Gasteiger partial charge is 0.244 e. The summed E-state index contributed by atoms with van der Waals surface area (Å²) >= 11 is -1.20. The number of rotatable bonds is 4. The Morgan fingerprint density at radius 2 is 1.73 bits per heavy atom. The summed E-state index contributed by atoms with van der Waals surface area (Å²) in [7, 11) is 0. The molecule has 0 atom stereocenters. The molecule has 0 amide bonds. The maximum absolute atomic E-state index is 11.9. The molecule has 8 heteroatoms. The summed E-state index contributed by atoms with van der Waals surface area (Å²) in [4.78, 5) is 0. The van der Waals surface area contributed by atoms with E-state index in [1.54, 1.807) is 0 Å². The monoisotopic (exact) mass is 198 g/mol. The van der Waals surface area contributed by atoms with Crippen molar-refractivity contribution in [3.63, 3.8) is 0 Å². The van der Waals surface area contributed by atoms with Gasteiger partial charge in [-0.2, -0.15) is 21.9 Å². The second-order valence-corrected chi connectivity index (χ2v) is 2.34. The zero-order chi connectivity index (χ0) is 9.12. The van der Waals surface area contributed by atoms with E-state index in [0.29, 0.717) is 0 Å². The van der Waals surface area contributed by atoms with Gasteiger partial charge < -0.3 is 0 Å². The lowest BCUT2D eigenvalue weighted by atomic mass is 10.4. The Morgan fingerprint density at radius 3 is 2.00 bits per heavy atom. The van der Waals surface area contributed by atoms with Crippen LogP contribution < -0.4 is 0 Å². The van der Waals surface area contributed by atoms with Gasteiger partial charge in [-0.3, -0.25) is 0 Å². The van der Waals surface area contributed by atoms with Crippen LogP contribution in [0.1, 0.15) is 0 Å².